The van der Waals surface area contributed by atoms with Gasteiger partial charge in [0.05, 0.1) is 32.1 Å². The molecule has 1 atom stereocenters. The highest BCUT2D eigenvalue weighted by Gasteiger charge is 2.05. The number of nitrogens with one attached hydrogen (secondary N) is 1. The van der Waals surface area contributed by atoms with E-state index in [-0.39, 0.29) is 6.04 Å². The van der Waals surface area contributed by atoms with E-state index in [1.165, 1.54) is 0 Å². The van der Waals surface area contributed by atoms with E-state index in [0.29, 0.717) is 19.8 Å². The van der Waals surface area contributed by atoms with Crippen LogP contribution in [0.2, 0.25) is 0 Å². The van der Waals surface area contributed by atoms with E-state index in [0.717, 1.165) is 12.3 Å². The van der Waals surface area contributed by atoms with E-state index in [1.807, 2.05) is 12.1 Å². The van der Waals surface area contributed by atoms with Crippen molar-refractivity contribution in [3.63, 3.8) is 0 Å². The van der Waals surface area contributed by atoms with Gasteiger partial charge in [0.2, 0.25) is 0 Å². The summed E-state index contributed by atoms with van der Waals surface area (Å²) in [6.07, 6.45) is 1.68. The smallest absolute Gasteiger partial charge is 0.120 e. The van der Waals surface area contributed by atoms with E-state index >= 15 is 0 Å². The van der Waals surface area contributed by atoms with Crippen LogP contribution in [-0.4, -0.2) is 33.5 Å². The molecule has 0 aliphatic rings. The second-order valence-corrected chi connectivity index (χ2v) is 3.30. The van der Waals surface area contributed by atoms with Gasteiger partial charge in [0.25, 0.3) is 0 Å². The molecule has 1 aromatic rings. The van der Waals surface area contributed by atoms with Crippen LogP contribution in [0, 0.1) is 0 Å². The molecule has 0 amide bonds. The molecule has 1 N–H and O–H groups in total. The first-order chi connectivity index (χ1) is 7.34. The van der Waals surface area contributed by atoms with E-state index in [4.69, 9.17) is 13.9 Å². The van der Waals surface area contributed by atoms with Crippen molar-refractivity contribution in [2.75, 3.05) is 33.5 Å². The monoisotopic (exact) mass is 213 g/mol. The van der Waals surface area contributed by atoms with Gasteiger partial charge in [-0.1, -0.05) is 0 Å². The lowest BCUT2D eigenvalue weighted by molar-refractivity contribution is 0.0710. The number of hydrogen-bond acceptors (Lipinski definition) is 4. The van der Waals surface area contributed by atoms with Crippen LogP contribution < -0.4 is 5.32 Å². The van der Waals surface area contributed by atoms with Gasteiger partial charge in [-0.15, -0.1) is 0 Å². The number of methoxy groups -OCH3 is 1. The third kappa shape index (κ3) is 4.97. The highest BCUT2D eigenvalue weighted by Crippen LogP contribution is 2.11. The zero-order chi connectivity index (χ0) is 10.9. The van der Waals surface area contributed by atoms with Crippen LogP contribution in [0.4, 0.5) is 0 Å². The topological polar surface area (TPSA) is 43.6 Å². The van der Waals surface area contributed by atoms with Gasteiger partial charge in [-0.25, -0.2) is 0 Å². The van der Waals surface area contributed by atoms with E-state index in [9.17, 15) is 0 Å². The lowest BCUT2D eigenvalue weighted by Gasteiger charge is -2.11. The van der Waals surface area contributed by atoms with Crippen molar-refractivity contribution in [1.29, 1.82) is 0 Å². The standard InChI is InChI=1S/C11H19NO3/c1-10(11-4-3-6-15-11)12-5-7-14-9-8-13-2/h3-4,6,10,12H,5,7-9H2,1-2H3/t10-/m0/s1. The average Bonchev–Trinajstić information content (AvgIpc) is 2.76. The highest BCUT2D eigenvalue weighted by molar-refractivity contribution is 5.02. The highest BCUT2D eigenvalue weighted by atomic mass is 16.5. The quantitative estimate of drug-likeness (QED) is 0.666. The van der Waals surface area contributed by atoms with Crippen LogP contribution in [0.25, 0.3) is 0 Å². The number of ether oxygens (including phenoxy) is 2. The first-order valence-electron chi connectivity index (χ1n) is 5.18. The molecule has 0 saturated heterocycles. The maximum atomic E-state index is 5.32. The molecule has 1 heterocycles. The summed E-state index contributed by atoms with van der Waals surface area (Å²) in [4.78, 5) is 0. The Balaban J connectivity index is 2.00. The molecule has 0 spiro atoms. The molecule has 0 aliphatic carbocycles. The van der Waals surface area contributed by atoms with E-state index in [1.54, 1.807) is 13.4 Å². The second kappa shape index (κ2) is 7.45. The van der Waals surface area contributed by atoms with Gasteiger partial charge in [-0.2, -0.15) is 0 Å². The molecule has 1 aromatic heterocycles. The van der Waals surface area contributed by atoms with Crippen molar-refractivity contribution in [3.8, 4) is 0 Å². The zero-order valence-electron chi connectivity index (χ0n) is 9.36. The Kier molecular flexibility index (Phi) is 6.08. The van der Waals surface area contributed by atoms with Crippen molar-refractivity contribution in [2.24, 2.45) is 0 Å². The number of hydrogen-bond donors (Lipinski definition) is 1. The first-order valence-corrected chi connectivity index (χ1v) is 5.18. The van der Waals surface area contributed by atoms with E-state index in [2.05, 4.69) is 12.2 Å². The van der Waals surface area contributed by atoms with Crippen LogP contribution in [0.15, 0.2) is 22.8 Å². The van der Waals surface area contributed by atoms with Gasteiger partial charge < -0.3 is 19.2 Å². The molecule has 4 heteroatoms. The molecule has 86 valence electrons. The molecule has 0 saturated carbocycles. The van der Waals surface area contributed by atoms with Crippen LogP contribution in [0.5, 0.6) is 0 Å². The predicted molar refractivity (Wildman–Crippen MR) is 57.8 cm³/mol. The lowest BCUT2D eigenvalue weighted by atomic mass is 10.2. The van der Waals surface area contributed by atoms with Crippen LogP contribution >= 0.6 is 0 Å². The molecule has 0 aliphatic heterocycles. The Morgan fingerprint density at radius 3 is 2.93 bits per heavy atom. The van der Waals surface area contributed by atoms with Crippen LogP contribution in [0.3, 0.4) is 0 Å². The third-order valence-electron chi connectivity index (χ3n) is 2.10. The largest absolute Gasteiger partial charge is 0.468 e. The summed E-state index contributed by atoms with van der Waals surface area (Å²) >= 11 is 0. The number of rotatable bonds is 8. The maximum absolute atomic E-state index is 5.32. The minimum atomic E-state index is 0.228. The Morgan fingerprint density at radius 1 is 1.40 bits per heavy atom. The Bertz CT molecular complexity index is 236. The summed E-state index contributed by atoms with van der Waals surface area (Å²) in [5.41, 5.74) is 0. The SMILES string of the molecule is COCCOCCN[C@@H](C)c1ccco1. The minimum absolute atomic E-state index is 0.228. The number of furan rings is 1. The summed E-state index contributed by atoms with van der Waals surface area (Å²) in [6.45, 7) is 4.86. The van der Waals surface area contributed by atoms with Gasteiger partial charge in [-0.05, 0) is 19.1 Å². The molecular formula is C11H19NO3. The zero-order valence-corrected chi connectivity index (χ0v) is 9.36. The van der Waals surface area contributed by atoms with Crippen molar-refractivity contribution in [3.05, 3.63) is 24.2 Å². The van der Waals surface area contributed by atoms with Gasteiger partial charge >= 0.3 is 0 Å². The summed E-state index contributed by atoms with van der Waals surface area (Å²) in [6, 6.07) is 4.08. The minimum Gasteiger partial charge on any atom is -0.468 e. The fraction of sp³-hybridized carbons (Fsp3) is 0.636. The van der Waals surface area contributed by atoms with Crippen molar-refractivity contribution >= 4 is 0 Å². The normalized spacial score (nSPS) is 12.9. The lowest BCUT2D eigenvalue weighted by Crippen LogP contribution is -2.23. The summed E-state index contributed by atoms with van der Waals surface area (Å²) in [7, 11) is 1.67. The summed E-state index contributed by atoms with van der Waals surface area (Å²) < 4.78 is 15.5. The molecule has 0 fully saturated rings. The van der Waals surface area contributed by atoms with Gasteiger partial charge in [0, 0.05) is 13.7 Å². The van der Waals surface area contributed by atoms with Crippen LogP contribution in [0.1, 0.15) is 18.7 Å². The van der Waals surface area contributed by atoms with Crippen molar-refractivity contribution in [2.45, 2.75) is 13.0 Å². The van der Waals surface area contributed by atoms with Gasteiger partial charge in [0.15, 0.2) is 0 Å². The molecule has 1 rings (SSSR count). The molecule has 4 nitrogen and oxygen atoms in total. The molecule has 15 heavy (non-hydrogen) atoms. The second-order valence-electron chi connectivity index (χ2n) is 3.30. The van der Waals surface area contributed by atoms with Gasteiger partial charge in [-0.3, -0.25) is 0 Å². The van der Waals surface area contributed by atoms with E-state index < -0.39 is 0 Å². The Labute approximate surface area is 90.6 Å². The Hall–Kier alpha value is -0.840. The van der Waals surface area contributed by atoms with Crippen molar-refractivity contribution < 1.29 is 13.9 Å². The average molecular weight is 213 g/mol. The van der Waals surface area contributed by atoms with Crippen molar-refractivity contribution in [1.82, 2.24) is 5.32 Å². The van der Waals surface area contributed by atoms with Crippen LogP contribution in [-0.2, 0) is 9.47 Å². The predicted octanol–water partition coefficient (Wildman–Crippen LogP) is 1.59. The van der Waals surface area contributed by atoms with Gasteiger partial charge in [0.1, 0.15) is 5.76 Å². The fourth-order valence-corrected chi connectivity index (χ4v) is 1.23. The fourth-order valence-electron chi connectivity index (χ4n) is 1.23. The molecular weight excluding hydrogens is 194 g/mol. The third-order valence-corrected chi connectivity index (χ3v) is 2.10. The first kappa shape index (κ1) is 12.2. The Morgan fingerprint density at radius 2 is 2.27 bits per heavy atom. The molecule has 0 aromatic carbocycles. The summed E-state index contributed by atoms with van der Waals surface area (Å²) in [5, 5.41) is 3.30. The summed E-state index contributed by atoms with van der Waals surface area (Å²) in [5.74, 6) is 0.951. The molecule has 0 bridgehead atoms. The maximum Gasteiger partial charge on any atom is 0.120 e. The molecule has 0 radical (unpaired) electrons. The molecule has 0 unspecified atom stereocenters.